The van der Waals surface area contributed by atoms with Gasteiger partial charge in [-0.3, -0.25) is 0 Å². The van der Waals surface area contributed by atoms with Gasteiger partial charge in [0.1, 0.15) is 0 Å². The maximum atomic E-state index is 2.52. The van der Waals surface area contributed by atoms with Crippen LogP contribution in [0.2, 0.25) is 0 Å². The van der Waals surface area contributed by atoms with Crippen molar-refractivity contribution in [2.24, 2.45) is 11.8 Å². The minimum atomic E-state index is 0.957. The molecule has 0 aromatic heterocycles. The van der Waals surface area contributed by atoms with Gasteiger partial charge in [0.05, 0.1) is 0 Å². The lowest BCUT2D eigenvalue weighted by Crippen LogP contribution is -2.05. The van der Waals surface area contributed by atoms with Gasteiger partial charge in [0.25, 0.3) is 0 Å². The monoisotopic (exact) mass is 394 g/mol. The topological polar surface area (TPSA) is 0 Å². The Hall–Kier alpha value is 0. The van der Waals surface area contributed by atoms with Gasteiger partial charge in [-0.15, -0.1) is 0 Å². The molecule has 0 spiro atoms. The van der Waals surface area contributed by atoms with Gasteiger partial charge in [-0.2, -0.15) is 0 Å². The maximum absolute atomic E-state index is 2.52. The molecule has 170 valence electrons. The highest BCUT2D eigenvalue weighted by Crippen LogP contribution is 2.26. The van der Waals surface area contributed by atoms with E-state index in [2.05, 4.69) is 27.7 Å². The van der Waals surface area contributed by atoms with Gasteiger partial charge < -0.3 is 0 Å². The van der Waals surface area contributed by atoms with Crippen molar-refractivity contribution in [1.82, 2.24) is 0 Å². The molecule has 0 bridgehead atoms. The Morgan fingerprint density at radius 3 is 1.29 bits per heavy atom. The Morgan fingerprint density at radius 2 is 0.750 bits per heavy atom. The predicted octanol–water partition coefficient (Wildman–Crippen LogP) is 10.9. The summed E-state index contributed by atoms with van der Waals surface area (Å²) in [6.07, 6.45) is 32.2. The quantitative estimate of drug-likeness (QED) is 0.151. The summed E-state index contributed by atoms with van der Waals surface area (Å²) < 4.78 is 0. The molecule has 0 fully saturated rings. The lowest BCUT2D eigenvalue weighted by molar-refractivity contribution is 0.338. The van der Waals surface area contributed by atoms with Gasteiger partial charge in [-0.05, 0) is 11.8 Å². The second-order valence-corrected chi connectivity index (χ2v) is 9.86. The second-order valence-electron chi connectivity index (χ2n) is 9.86. The number of rotatable bonds is 23. The van der Waals surface area contributed by atoms with Crippen LogP contribution in [-0.4, -0.2) is 0 Å². The molecule has 0 nitrogen and oxygen atoms in total. The third-order valence-electron chi connectivity index (χ3n) is 6.80. The molecule has 0 aromatic rings. The predicted molar refractivity (Wildman–Crippen MR) is 131 cm³/mol. The van der Waals surface area contributed by atoms with Crippen molar-refractivity contribution >= 4 is 0 Å². The zero-order chi connectivity index (χ0) is 20.7. The fourth-order valence-electron chi connectivity index (χ4n) is 4.61. The smallest absolute Gasteiger partial charge is 0.0414 e. The zero-order valence-corrected chi connectivity index (χ0v) is 20.7. The van der Waals surface area contributed by atoms with Crippen LogP contribution >= 0.6 is 0 Å². The van der Waals surface area contributed by atoms with Gasteiger partial charge in [0, 0.05) is 0 Å². The molecule has 0 rings (SSSR count). The summed E-state index contributed by atoms with van der Waals surface area (Å²) in [6.45, 7) is 9.50. The molecule has 2 atom stereocenters. The molecule has 0 amide bonds. The molecule has 0 radical (unpaired) electrons. The molecule has 0 saturated heterocycles. The number of hydrogen-bond acceptors (Lipinski definition) is 0. The summed E-state index contributed by atoms with van der Waals surface area (Å²) in [7, 11) is 0. The van der Waals surface area contributed by atoms with E-state index in [1.54, 1.807) is 0 Å². The SMILES string of the molecule is CCCCCCCCCCCCCC(C)CCC(CCCC)CCCCCC. The molecule has 0 aliphatic heterocycles. The first-order valence-corrected chi connectivity index (χ1v) is 13.7. The largest absolute Gasteiger partial charge is 0.0654 e. The fraction of sp³-hybridized carbons (Fsp3) is 1.00. The van der Waals surface area contributed by atoms with E-state index < -0.39 is 0 Å². The Balaban J connectivity index is 3.56. The van der Waals surface area contributed by atoms with Crippen LogP contribution in [0, 0.1) is 11.8 Å². The number of hydrogen-bond donors (Lipinski definition) is 0. The first-order valence-electron chi connectivity index (χ1n) is 13.7. The van der Waals surface area contributed by atoms with E-state index >= 15 is 0 Å². The van der Waals surface area contributed by atoms with Crippen LogP contribution in [0.1, 0.15) is 169 Å². The molecule has 0 saturated carbocycles. The van der Waals surface area contributed by atoms with Gasteiger partial charge >= 0.3 is 0 Å². The minimum absolute atomic E-state index is 0.957. The van der Waals surface area contributed by atoms with Crippen LogP contribution < -0.4 is 0 Å². The van der Waals surface area contributed by atoms with Crippen molar-refractivity contribution in [2.75, 3.05) is 0 Å². The van der Waals surface area contributed by atoms with E-state index in [1.165, 1.54) is 141 Å². The van der Waals surface area contributed by atoms with Gasteiger partial charge in [0.15, 0.2) is 0 Å². The molecule has 0 heterocycles. The second kappa shape index (κ2) is 23.3. The molecule has 28 heavy (non-hydrogen) atoms. The normalized spacial score (nSPS) is 13.7. The third kappa shape index (κ3) is 20.7. The van der Waals surface area contributed by atoms with Gasteiger partial charge in [-0.1, -0.05) is 169 Å². The molecule has 0 aliphatic carbocycles. The Morgan fingerprint density at radius 1 is 0.357 bits per heavy atom. The van der Waals surface area contributed by atoms with Crippen molar-refractivity contribution in [2.45, 2.75) is 169 Å². The zero-order valence-electron chi connectivity index (χ0n) is 20.7. The van der Waals surface area contributed by atoms with Gasteiger partial charge in [0.2, 0.25) is 0 Å². The average Bonchev–Trinajstić information content (AvgIpc) is 2.70. The van der Waals surface area contributed by atoms with Gasteiger partial charge in [-0.25, -0.2) is 0 Å². The first-order chi connectivity index (χ1) is 13.7. The van der Waals surface area contributed by atoms with E-state index in [0.29, 0.717) is 0 Å². The Labute approximate surface area is 181 Å². The fourth-order valence-corrected chi connectivity index (χ4v) is 4.61. The average molecular weight is 395 g/mol. The standard InChI is InChI=1S/C28H58/c1-5-8-11-13-14-15-16-17-18-19-20-22-27(4)25-26-28(23-10-7-3)24-21-12-9-6-2/h27-28H,5-26H2,1-4H3. The summed E-state index contributed by atoms with van der Waals surface area (Å²) >= 11 is 0. The molecule has 0 aliphatic rings. The highest BCUT2D eigenvalue weighted by Gasteiger charge is 2.11. The van der Waals surface area contributed by atoms with Crippen molar-refractivity contribution < 1.29 is 0 Å². The van der Waals surface area contributed by atoms with Crippen molar-refractivity contribution in [3.8, 4) is 0 Å². The Kier molecular flexibility index (Phi) is 23.3. The molecular weight excluding hydrogens is 336 g/mol. The van der Waals surface area contributed by atoms with Crippen LogP contribution in [-0.2, 0) is 0 Å². The van der Waals surface area contributed by atoms with Crippen LogP contribution in [0.5, 0.6) is 0 Å². The minimum Gasteiger partial charge on any atom is -0.0654 e. The van der Waals surface area contributed by atoms with Crippen LogP contribution in [0.3, 0.4) is 0 Å². The highest BCUT2D eigenvalue weighted by atomic mass is 14.2. The molecular formula is C28H58. The lowest BCUT2D eigenvalue weighted by Gasteiger charge is -2.19. The van der Waals surface area contributed by atoms with E-state index in [-0.39, 0.29) is 0 Å². The Bertz CT molecular complexity index is 269. The van der Waals surface area contributed by atoms with Crippen molar-refractivity contribution in [1.29, 1.82) is 0 Å². The van der Waals surface area contributed by atoms with E-state index in [1.807, 2.05) is 0 Å². The van der Waals surface area contributed by atoms with E-state index in [0.717, 1.165) is 11.8 Å². The van der Waals surface area contributed by atoms with E-state index in [4.69, 9.17) is 0 Å². The summed E-state index contributed by atoms with van der Waals surface area (Å²) in [5.74, 6) is 1.98. The summed E-state index contributed by atoms with van der Waals surface area (Å²) in [5.41, 5.74) is 0. The molecule has 0 N–H and O–H groups in total. The van der Waals surface area contributed by atoms with Crippen LogP contribution in [0.25, 0.3) is 0 Å². The summed E-state index contributed by atoms with van der Waals surface area (Å²) in [6, 6.07) is 0. The number of unbranched alkanes of at least 4 members (excludes halogenated alkanes) is 14. The molecule has 2 unspecified atom stereocenters. The summed E-state index contributed by atoms with van der Waals surface area (Å²) in [5, 5.41) is 0. The van der Waals surface area contributed by atoms with Crippen LogP contribution in [0.15, 0.2) is 0 Å². The van der Waals surface area contributed by atoms with Crippen molar-refractivity contribution in [3.63, 3.8) is 0 Å². The molecule has 0 heteroatoms. The van der Waals surface area contributed by atoms with Crippen molar-refractivity contribution in [3.05, 3.63) is 0 Å². The maximum Gasteiger partial charge on any atom is -0.0414 e. The highest BCUT2D eigenvalue weighted by molar-refractivity contribution is 4.64. The lowest BCUT2D eigenvalue weighted by atomic mass is 9.87. The molecule has 0 aromatic carbocycles. The van der Waals surface area contributed by atoms with Crippen LogP contribution in [0.4, 0.5) is 0 Å². The summed E-state index contributed by atoms with van der Waals surface area (Å²) in [4.78, 5) is 0. The van der Waals surface area contributed by atoms with E-state index in [9.17, 15) is 0 Å². The third-order valence-corrected chi connectivity index (χ3v) is 6.80. The first kappa shape index (κ1) is 28.0.